The summed E-state index contributed by atoms with van der Waals surface area (Å²) in [6.45, 7) is 0.211. The van der Waals surface area contributed by atoms with Crippen LogP contribution in [0.1, 0.15) is 5.82 Å². The predicted molar refractivity (Wildman–Crippen MR) is 74.2 cm³/mol. The van der Waals surface area contributed by atoms with Crippen molar-refractivity contribution in [3.8, 4) is 11.4 Å². The van der Waals surface area contributed by atoms with Crippen LogP contribution in [-0.4, -0.2) is 41.2 Å². The third kappa shape index (κ3) is 3.86. The quantitative estimate of drug-likeness (QED) is 0.781. The number of nitrogens with one attached hydrogen (secondary N) is 1. The molecule has 0 amide bonds. The van der Waals surface area contributed by atoms with Crippen molar-refractivity contribution in [3.05, 3.63) is 36.2 Å². The molecule has 1 aromatic heterocycles. The fourth-order valence-electron chi connectivity index (χ4n) is 1.68. The molecule has 0 fully saturated rings. The highest BCUT2D eigenvalue weighted by atomic mass is 32.2. The average Bonchev–Trinajstić information content (AvgIpc) is 2.80. The average molecular weight is 296 g/mol. The number of rotatable bonds is 6. The van der Waals surface area contributed by atoms with Crippen molar-refractivity contribution < 1.29 is 13.5 Å². The van der Waals surface area contributed by atoms with Crippen LogP contribution in [0.4, 0.5) is 0 Å². The monoisotopic (exact) mass is 296 g/mol. The number of aliphatic hydroxyl groups is 1. The van der Waals surface area contributed by atoms with Gasteiger partial charge in [-0.3, -0.25) is 0 Å². The van der Waals surface area contributed by atoms with Crippen molar-refractivity contribution in [3.63, 3.8) is 0 Å². The first-order valence-electron chi connectivity index (χ1n) is 6.04. The summed E-state index contributed by atoms with van der Waals surface area (Å²) in [5, 5.41) is 13.3. The van der Waals surface area contributed by atoms with Gasteiger partial charge in [0.1, 0.15) is 5.82 Å². The molecule has 0 saturated carbocycles. The highest BCUT2D eigenvalue weighted by molar-refractivity contribution is 7.88. The lowest BCUT2D eigenvalue weighted by Crippen LogP contribution is -2.24. The first kappa shape index (κ1) is 14.6. The van der Waals surface area contributed by atoms with Gasteiger partial charge in [-0.05, 0) is 0 Å². The Hall–Kier alpha value is -1.77. The first-order valence-corrected chi connectivity index (χ1v) is 7.93. The van der Waals surface area contributed by atoms with E-state index < -0.39 is 10.0 Å². The van der Waals surface area contributed by atoms with E-state index in [-0.39, 0.29) is 19.7 Å². The maximum Gasteiger partial charge on any atom is 0.209 e. The van der Waals surface area contributed by atoms with Crippen molar-refractivity contribution in [1.82, 2.24) is 19.5 Å². The Kier molecular flexibility index (Phi) is 4.48. The van der Waals surface area contributed by atoms with Crippen LogP contribution in [0.2, 0.25) is 0 Å². The minimum Gasteiger partial charge on any atom is -0.394 e. The molecule has 2 aromatic rings. The molecule has 0 atom stereocenters. The lowest BCUT2D eigenvalue weighted by molar-refractivity contribution is 0.267. The van der Waals surface area contributed by atoms with Crippen LogP contribution in [0.15, 0.2) is 30.3 Å². The zero-order valence-electron chi connectivity index (χ0n) is 11.0. The van der Waals surface area contributed by atoms with Gasteiger partial charge in [0.15, 0.2) is 5.82 Å². The highest BCUT2D eigenvalue weighted by Gasteiger charge is 2.12. The highest BCUT2D eigenvalue weighted by Crippen LogP contribution is 2.15. The summed E-state index contributed by atoms with van der Waals surface area (Å²) in [7, 11) is -3.30. The molecule has 1 aromatic carbocycles. The second-order valence-corrected chi connectivity index (χ2v) is 6.09. The molecular formula is C12H16N4O3S. The molecule has 1 heterocycles. The SMILES string of the molecule is CS(=O)(=O)NCc1nc(-c2ccccc2)nn1CCO. The number of nitrogens with zero attached hydrogens (tertiary/aromatic N) is 3. The summed E-state index contributed by atoms with van der Waals surface area (Å²) in [5.74, 6) is 0.965. The molecule has 20 heavy (non-hydrogen) atoms. The summed E-state index contributed by atoms with van der Waals surface area (Å²) < 4.78 is 26.1. The van der Waals surface area contributed by atoms with Crippen molar-refractivity contribution in [2.24, 2.45) is 0 Å². The van der Waals surface area contributed by atoms with Crippen LogP contribution in [0.3, 0.4) is 0 Å². The van der Waals surface area contributed by atoms with Crippen LogP contribution in [0.5, 0.6) is 0 Å². The van der Waals surface area contributed by atoms with Gasteiger partial charge in [-0.1, -0.05) is 30.3 Å². The van der Waals surface area contributed by atoms with Gasteiger partial charge >= 0.3 is 0 Å². The first-order chi connectivity index (χ1) is 9.49. The molecule has 7 nitrogen and oxygen atoms in total. The maximum atomic E-state index is 11.1. The third-order valence-electron chi connectivity index (χ3n) is 2.58. The zero-order valence-corrected chi connectivity index (χ0v) is 11.8. The number of hydrogen-bond donors (Lipinski definition) is 2. The molecule has 0 radical (unpaired) electrons. The minimum absolute atomic E-state index is 0.0403. The van der Waals surface area contributed by atoms with E-state index in [0.29, 0.717) is 11.6 Å². The molecule has 108 valence electrons. The van der Waals surface area contributed by atoms with E-state index in [2.05, 4.69) is 14.8 Å². The van der Waals surface area contributed by atoms with E-state index in [0.717, 1.165) is 11.8 Å². The lowest BCUT2D eigenvalue weighted by atomic mass is 10.2. The molecule has 8 heteroatoms. The Morgan fingerprint density at radius 1 is 1.30 bits per heavy atom. The van der Waals surface area contributed by atoms with Gasteiger partial charge in [0.2, 0.25) is 10.0 Å². The van der Waals surface area contributed by atoms with Crippen LogP contribution in [0.25, 0.3) is 11.4 Å². The van der Waals surface area contributed by atoms with Crippen LogP contribution >= 0.6 is 0 Å². The smallest absolute Gasteiger partial charge is 0.209 e. The Morgan fingerprint density at radius 3 is 2.60 bits per heavy atom. The van der Waals surface area contributed by atoms with E-state index in [9.17, 15) is 8.42 Å². The molecule has 0 spiro atoms. The molecule has 0 unspecified atom stereocenters. The van der Waals surface area contributed by atoms with E-state index in [1.807, 2.05) is 30.3 Å². The molecule has 0 aliphatic carbocycles. The number of benzene rings is 1. The van der Waals surface area contributed by atoms with Crippen molar-refractivity contribution >= 4 is 10.0 Å². The van der Waals surface area contributed by atoms with Gasteiger partial charge in [0.25, 0.3) is 0 Å². The van der Waals surface area contributed by atoms with Crippen molar-refractivity contribution in [2.75, 3.05) is 12.9 Å². The van der Waals surface area contributed by atoms with Gasteiger partial charge in [-0.25, -0.2) is 22.8 Å². The lowest BCUT2D eigenvalue weighted by Gasteiger charge is -2.03. The Labute approximate surface area is 117 Å². The third-order valence-corrected chi connectivity index (χ3v) is 3.25. The molecule has 0 aliphatic heterocycles. The molecule has 2 rings (SSSR count). The van der Waals surface area contributed by atoms with Crippen molar-refractivity contribution in [1.29, 1.82) is 0 Å². The number of sulfonamides is 1. The van der Waals surface area contributed by atoms with Gasteiger partial charge in [0, 0.05) is 5.56 Å². The van der Waals surface area contributed by atoms with Crippen LogP contribution < -0.4 is 4.72 Å². The standard InChI is InChI=1S/C12H16N4O3S/c1-20(18,19)13-9-11-14-12(15-16(11)7-8-17)10-5-3-2-4-6-10/h2-6,13,17H,7-9H2,1H3. The van der Waals surface area contributed by atoms with Gasteiger partial charge < -0.3 is 5.11 Å². The fourth-order valence-corrected chi connectivity index (χ4v) is 2.08. The topological polar surface area (TPSA) is 97.1 Å². The summed E-state index contributed by atoms with van der Waals surface area (Å²) in [5.41, 5.74) is 0.838. The summed E-state index contributed by atoms with van der Waals surface area (Å²) in [6.07, 6.45) is 1.08. The predicted octanol–water partition coefficient (Wildman–Crippen LogP) is -0.0134. The Bertz CT molecular complexity index is 667. The zero-order chi connectivity index (χ0) is 14.6. The molecule has 0 bridgehead atoms. The minimum atomic E-state index is -3.30. The van der Waals surface area contributed by atoms with E-state index in [1.165, 1.54) is 4.68 Å². The van der Waals surface area contributed by atoms with Gasteiger partial charge in [-0.2, -0.15) is 5.10 Å². The van der Waals surface area contributed by atoms with E-state index >= 15 is 0 Å². The normalized spacial score (nSPS) is 11.7. The summed E-state index contributed by atoms with van der Waals surface area (Å²) in [6, 6.07) is 9.37. The van der Waals surface area contributed by atoms with Gasteiger partial charge in [0.05, 0.1) is 26.0 Å². The molecule has 2 N–H and O–H groups in total. The van der Waals surface area contributed by atoms with E-state index in [4.69, 9.17) is 5.11 Å². The van der Waals surface area contributed by atoms with Crippen molar-refractivity contribution in [2.45, 2.75) is 13.1 Å². The molecule has 0 aliphatic rings. The van der Waals surface area contributed by atoms with Crippen LogP contribution in [-0.2, 0) is 23.1 Å². The van der Waals surface area contributed by atoms with Crippen LogP contribution in [0, 0.1) is 0 Å². The molecular weight excluding hydrogens is 280 g/mol. The maximum absolute atomic E-state index is 11.1. The second kappa shape index (κ2) is 6.12. The number of hydrogen-bond acceptors (Lipinski definition) is 5. The molecule has 0 saturated heterocycles. The number of aliphatic hydroxyl groups excluding tert-OH is 1. The summed E-state index contributed by atoms with van der Waals surface area (Å²) >= 11 is 0. The largest absolute Gasteiger partial charge is 0.394 e. The van der Waals surface area contributed by atoms with Gasteiger partial charge in [-0.15, -0.1) is 0 Å². The Morgan fingerprint density at radius 2 is 2.00 bits per heavy atom. The summed E-state index contributed by atoms with van der Waals surface area (Å²) in [4.78, 5) is 4.32. The second-order valence-electron chi connectivity index (χ2n) is 4.26. The van der Waals surface area contributed by atoms with E-state index in [1.54, 1.807) is 0 Å². The fraction of sp³-hybridized carbons (Fsp3) is 0.333. The number of aromatic nitrogens is 3. The Balaban J connectivity index is 2.28.